The Balaban J connectivity index is 1.23. The minimum absolute atomic E-state index is 0.0601. The number of nitrogens with two attached hydrogens (primary N) is 2. The summed E-state index contributed by atoms with van der Waals surface area (Å²) in [5, 5.41) is 15.2. The summed E-state index contributed by atoms with van der Waals surface area (Å²) < 4.78 is 0. The Hall–Kier alpha value is -7.24. The van der Waals surface area contributed by atoms with Crippen LogP contribution in [0, 0.1) is 0 Å². The fourth-order valence-electron chi connectivity index (χ4n) is 9.19. The van der Waals surface area contributed by atoms with Crippen molar-refractivity contribution in [2.24, 2.45) is 16.5 Å². The van der Waals surface area contributed by atoms with Crippen molar-refractivity contribution >= 4 is 58.2 Å². The fraction of sp³-hybridized carbons (Fsp3) is 0.417. The number of carbonyl (C=O) groups is 7. The smallest absolute Gasteiger partial charge is 0.246 e. The molecule has 2 fully saturated rings. The van der Waals surface area contributed by atoms with E-state index in [1.165, 1.54) is 16.7 Å². The van der Waals surface area contributed by atoms with Crippen LogP contribution in [0.5, 0.6) is 0 Å². The third-order valence-corrected chi connectivity index (χ3v) is 12.5. The summed E-state index contributed by atoms with van der Waals surface area (Å²) in [6, 6.07) is 17.9. The molecule has 18 heteroatoms. The van der Waals surface area contributed by atoms with E-state index in [1.54, 1.807) is 6.20 Å². The molecule has 1 aromatic heterocycles. The number of fused-ring (bicyclic) bond motifs is 4. The van der Waals surface area contributed by atoms with E-state index in [1.807, 2.05) is 78.9 Å². The third-order valence-electron chi connectivity index (χ3n) is 12.5. The van der Waals surface area contributed by atoms with E-state index < -0.39 is 77.6 Å². The fourth-order valence-corrected chi connectivity index (χ4v) is 9.19. The van der Waals surface area contributed by atoms with Crippen LogP contribution in [0.1, 0.15) is 67.7 Å². The van der Waals surface area contributed by atoms with Gasteiger partial charge in [-0.25, -0.2) is 0 Å². The molecule has 18 nitrogen and oxygen atoms in total. The van der Waals surface area contributed by atoms with Crippen LogP contribution in [0.2, 0.25) is 0 Å². The first kappa shape index (κ1) is 46.7. The molecule has 4 heterocycles. The number of carbonyl (C=O) groups excluding carboxylic acids is 7. The maximum Gasteiger partial charge on any atom is 0.246 e. The highest BCUT2D eigenvalue weighted by molar-refractivity contribution is 5.98. The maximum atomic E-state index is 15.0. The number of hydrogen-bond acceptors (Lipinski definition) is 8. The summed E-state index contributed by atoms with van der Waals surface area (Å²) in [4.78, 5) is 110. The van der Waals surface area contributed by atoms with Crippen LogP contribution in [0.15, 0.2) is 90.1 Å². The molecule has 3 aliphatic rings. The molecular formula is C48H59N11O7. The summed E-state index contributed by atoms with van der Waals surface area (Å²) in [5.41, 5.74) is 15.2. The van der Waals surface area contributed by atoms with Crippen molar-refractivity contribution in [1.82, 2.24) is 41.4 Å². The summed E-state index contributed by atoms with van der Waals surface area (Å²) in [6.07, 6.45) is 3.74. The molecule has 0 spiro atoms. The number of benzene rings is 3. The first-order valence-electron chi connectivity index (χ1n) is 22.6. The standard InChI is InChI=1S/C48H59N11O7/c1-29(60)54-38(24-30-12-3-2-4-13-30)43(62)56-37-19-10-21-51-42(61)36(18-9-22-52-48(49)50)55-44(63)39(25-33-27-53-35-17-8-7-16-34(33)35)57-45(64)41-26-31-14-5-6-15-32(31)28-59(41)47(66)40-20-11-23-58(40)46(37)65/h2-8,12-17,27,36-41,53H,9-11,18-26,28H2,1H3,(H,51,61)(H,54,60)(H,55,63)(H,56,62)(H,57,64)(H4,49,50,52)/t36-,37?,38-,39-,40-,41+/m0/s1. The number of aromatic amines is 1. The number of rotatable bonds is 11. The molecule has 0 radical (unpaired) electrons. The van der Waals surface area contributed by atoms with Gasteiger partial charge in [0.1, 0.15) is 36.3 Å². The van der Waals surface area contributed by atoms with Crippen LogP contribution >= 0.6 is 0 Å². The van der Waals surface area contributed by atoms with E-state index >= 15 is 0 Å². The molecule has 348 valence electrons. The van der Waals surface area contributed by atoms with Gasteiger partial charge >= 0.3 is 0 Å². The van der Waals surface area contributed by atoms with Gasteiger partial charge in [-0.1, -0.05) is 72.8 Å². The first-order chi connectivity index (χ1) is 31.9. The van der Waals surface area contributed by atoms with Crippen LogP contribution in [0.3, 0.4) is 0 Å². The predicted molar refractivity (Wildman–Crippen MR) is 247 cm³/mol. The van der Waals surface area contributed by atoms with Gasteiger partial charge in [0.2, 0.25) is 41.4 Å². The van der Waals surface area contributed by atoms with Crippen molar-refractivity contribution in [3.8, 4) is 0 Å². The van der Waals surface area contributed by atoms with Crippen molar-refractivity contribution < 1.29 is 33.6 Å². The zero-order valence-electron chi connectivity index (χ0n) is 37.1. The molecule has 1 unspecified atom stereocenters. The Morgan fingerprint density at radius 2 is 1.53 bits per heavy atom. The second kappa shape index (κ2) is 21.6. The second-order valence-electron chi connectivity index (χ2n) is 17.2. The van der Waals surface area contributed by atoms with Crippen molar-refractivity contribution in [3.63, 3.8) is 0 Å². The van der Waals surface area contributed by atoms with Crippen LogP contribution in [-0.2, 0) is 59.4 Å². The largest absolute Gasteiger partial charge is 0.370 e. The van der Waals surface area contributed by atoms with Gasteiger partial charge in [-0.3, -0.25) is 38.6 Å². The van der Waals surface area contributed by atoms with Gasteiger partial charge in [0.25, 0.3) is 0 Å². The lowest BCUT2D eigenvalue weighted by Gasteiger charge is -2.40. The predicted octanol–water partition coefficient (Wildman–Crippen LogP) is 0.820. The molecule has 7 rings (SSSR count). The van der Waals surface area contributed by atoms with E-state index in [2.05, 4.69) is 36.6 Å². The average molecular weight is 902 g/mol. The molecule has 0 bridgehead atoms. The van der Waals surface area contributed by atoms with E-state index in [4.69, 9.17) is 11.5 Å². The van der Waals surface area contributed by atoms with Gasteiger partial charge < -0.3 is 52.8 Å². The lowest BCUT2D eigenvalue weighted by molar-refractivity contribution is -0.150. The number of amides is 7. The number of hydrogen-bond donors (Lipinski definition) is 8. The average Bonchev–Trinajstić information content (AvgIpc) is 3.97. The van der Waals surface area contributed by atoms with Crippen LogP contribution in [0.25, 0.3) is 10.9 Å². The summed E-state index contributed by atoms with van der Waals surface area (Å²) >= 11 is 0. The zero-order chi connectivity index (χ0) is 46.7. The van der Waals surface area contributed by atoms with Gasteiger partial charge in [0.05, 0.1) is 0 Å². The number of H-pyrrole nitrogens is 1. The number of guanidine groups is 1. The monoisotopic (exact) mass is 901 g/mol. The SMILES string of the molecule is CC(=O)N[C@@H](Cc1ccccc1)C(=O)NC1CCCNC(=O)[C@H](CCCN=C(N)N)NC(=O)[C@H](Cc2c[nH]c3ccccc23)NC(=O)[C@H]2Cc3ccccc3CN2C(=O)[C@@H]2CCCN2C1=O. The highest BCUT2D eigenvalue weighted by Gasteiger charge is 2.44. The maximum absolute atomic E-state index is 15.0. The Kier molecular flexibility index (Phi) is 15.3. The Labute approximate surface area is 383 Å². The lowest BCUT2D eigenvalue weighted by atomic mass is 9.92. The molecule has 0 saturated carbocycles. The van der Waals surface area contributed by atoms with Crippen molar-refractivity contribution in [1.29, 1.82) is 0 Å². The molecule has 2 saturated heterocycles. The van der Waals surface area contributed by atoms with Crippen molar-refractivity contribution in [3.05, 3.63) is 107 Å². The summed E-state index contributed by atoms with van der Waals surface area (Å²) in [6.45, 7) is 1.87. The van der Waals surface area contributed by atoms with E-state index in [-0.39, 0.29) is 70.7 Å². The van der Waals surface area contributed by atoms with E-state index in [9.17, 15) is 33.6 Å². The third kappa shape index (κ3) is 11.5. The molecule has 4 aromatic rings. The summed E-state index contributed by atoms with van der Waals surface area (Å²) in [5.74, 6) is -3.74. The minimum Gasteiger partial charge on any atom is -0.370 e. The molecule has 7 amide bonds. The molecule has 3 aliphatic heterocycles. The number of aliphatic imine (C=N–C) groups is 1. The molecule has 0 aliphatic carbocycles. The first-order valence-corrected chi connectivity index (χ1v) is 22.6. The molecule has 10 N–H and O–H groups in total. The normalized spacial score (nSPS) is 22.3. The number of aromatic nitrogens is 1. The summed E-state index contributed by atoms with van der Waals surface area (Å²) in [7, 11) is 0. The zero-order valence-corrected chi connectivity index (χ0v) is 37.1. The van der Waals surface area contributed by atoms with Crippen molar-refractivity contribution in [2.45, 2.75) is 108 Å². The van der Waals surface area contributed by atoms with Crippen LogP contribution in [0.4, 0.5) is 0 Å². The Morgan fingerprint density at radius 1 is 0.803 bits per heavy atom. The second-order valence-corrected chi connectivity index (χ2v) is 17.2. The van der Waals surface area contributed by atoms with Crippen molar-refractivity contribution in [2.75, 3.05) is 19.6 Å². The van der Waals surface area contributed by atoms with Gasteiger partial charge in [-0.15, -0.1) is 0 Å². The highest BCUT2D eigenvalue weighted by Crippen LogP contribution is 2.29. The van der Waals surface area contributed by atoms with Gasteiger partial charge in [-0.05, 0) is 66.8 Å². The van der Waals surface area contributed by atoms with Gasteiger partial charge in [-0.2, -0.15) is 0 Å². The van der Waals surface area contributed by atoms with E-state index in [0.29, 0.717) is 19.3 Å². The Bertz CT molecular complexity index is 2450. The number of nitrogens with one attached hydrogen (secondary N) is 6. The molecule has 3 aromatic carbocycles. The molecule has 6 atom stereocenters. The van der Waals surface area contributed by atoms with E-state index in [0.717, 1.165) is 33.2 Å². The number of nitrogens with zero attached hydrogens (tertiary/aromatic N) is 3. The lowest BCUT2D eigenvalue weighted by Crippen LogP contribution is -2.62. The molecule has 66 heavy (non-hydrogen) atoms. The van der Waals surface area contributed by atoms with Gasteiger partial charge in [0.15, 0.2) is 5.96 Å². The minimum atomic E-state index is -1.17. The highest BCUT2D eigenvalue weighted by atomic mass is 16.2. The topological polar surface area (TPSA) is 266 Å². The number of para-hydroxylation sites is 1. The Morgan fingerprint density at radius 3 is 2.30 bits per heavy atom. The molecular weight excluding hydrogens is 843 g/mol. The van der Waals surface area contributed by atoms with Crippen LogP contribution < -0.4 is 38.1 Å². The van der Waals surface area contributed by atoms with Gasteiger partial charge in [0, 0.05) is 69.5 Å². The van der Waals surface area contributed by atoms with Crippen LogP contribution in [-0.4, -0.2) is 118 Å². The quantitative estimate of drug-likeness (QED) is 0.0601.